The van der Waals surface area contributed by atoms with E-state index in [2.05, 4.69) is 0 Å². The maximum Gasteiger partial charge on any atom is 0.335 e. The first kappa shape index (κ1) is 11.8. The van der Waals surface area contributed by atoms with Crippen LogP contribution in [0.5, 0.6) is 0 Å². The molecule has 1 unspecified atom stereocenters. The Labute approximate surface area is 97.7 Å². The van der Waals surface area contributed by atoms with Crippen molar-refractivity contribution in [1.29, 1.82) is 0 Å². The van der Waals surface area contributed by atoms with Crippen molar-refractivity contribution in [3.05, 3.63) is 29.3 Å². The minimum atomic E-state index is -1.33. The Bertz CT molecular complexity index is 439. The quantitative estimate of drug-likeness (QED) is 0.864. The Balaban J connectivity index is 2.38. The fourth-order valence-electron chi connectivity index (χ4n) is 2.13. The van der Waals surface area contributed by atoms with Crippen molar-refractivity contribution < 1.29 is 18.7 Å². The summed E-state index contributed by atoms with van der Waals surface area (Å²) < 4.78 is 27.4. The van der Waals surface area contributed by atoms with E-state index in [4.69, 9.17) is 5.11 Å². The SMILES string of the molecule is CC1CCN(c2c(F)cc(C(=O)O)cc2F)C1. The van der Waals surface area contributed by atoms with Crippen molar-refractivity contribution in [3.8, 4) is 0 Å². The molecule has 92 valence electrons. The summed E-state index contributed by atoms with van der Waals surface area (Å²) in [6.45, 7) is 3.21. The van der Waals surface area contributed by atoms with Gasteiger partial charge in [0.1, 0.15) is 17.3 Å². The molecule has 0 saturated carbocycles. The van der Waals surface area contributed by atoms with E-state index in [0.717, 1.165) is 18.6 Å². The normalized spacial score (nSPS) is 19.7. The molecular formula is C12H13F2NO2. The molecule has 2 rings (SSSR count). The third-order valence-electron chi connectivity index (χ3n) is 3.00. The summed E-state index contributed by atoms with van der Waals surface area (Å²) in [4.78, 5) is 12.3. The van der Waals surface area contributed by atoms with Crippen molar-refractivity contribution >= 4 is 11.7 Å². The Morgan fingerprint density at radius 1 is 1.41 bits per heavy atom. The molecule has 1 aromatic rings. The van der Waals surface area contributed by atoms with Gasteiger partial charge >= 0.3 is 5.97 Å². The third-order valence-corrected chi connectivity index (χ3v) is 3.00. The topological polar surface area (TPSA) is 40.5 Å². The summed E-state index contributed by atoms with van der Waals surface area (Å²) in [7, 11) is 0. The van der Waals surface area contributed by atoms with Crippen LogP contribution in [0.25, 0.3) is 0 Å². The van der Waals surface area contributed by atoms with Crippen LogP contribution < -0.4 is 4.90 Å². The highest BCUT2D eigenvalue weighted by atomic mass is 19.1. The zero-order valence-electron chi connectivity index (χ0n) is 9.41. The van der Waals surface area contributed by atoms with Gasteiger partial charge in [-0.1, -0.05) is 6.92 Å². The van der Waals surface area contributed by atoms with E-state index in [1.54, 1.807) is 4.90 Å². The maximum atomic E-state index is 13.7. The standard InChI is InChI=1S/C12H13F2NO2/c1-7-2-3-15(6-7)11-9(13)4-8(12(16)17)5-10(11)14/h4-5,7H,2-3,6H2,1H3,(H,16,17). The predicted octanol–water partition coefficient (Wildman–Crippen LogP) is 2.51. The number of nitrogens with zero attached hydrogens (tertiary/aromatic N) is 1. The fourth-order valence-corrected chi connectivity index (χ4v) is 2.13. The zero-order chi connectivity index (χ0) is 12.6. The number of hydrogen-bond donors (Lipinski definition) is 1. The lowest BCUT2D eigenvalue weighted by molar-refractivity contribution is 0.0696. The van der Waals surface area contributed by atoms with Gasteiger partial charge in [-0.15, -0.1) is 0 Å². The predicted molar refractivity (Wildman–Crippen MR) is 59.3 cm³/mol. The van der Waals surface area contributed by atoms with E-state index in [0.29, 0.717) is 19.0 Å². The summed E-state index contributed by atoms with van der Waals surface area (Å²) in [6, 6.07) is 1.73. The number of aromatic carboxylic acids is 1. The van der Waals surface area contributed by atoms with Gasteiger partial charge in [0, 0.05) is 13.1 Å². The highest BCUT2D eigenvalue weighted by molar-refractivity contribution is 5.88. The van der Waals surface area contributed by atoms with Crippen molar-refractivity contribution in [2.75, 3.05) is 18.0 Å². The number of anilines is 1. The molecule has 0 bridgehead atoms. The van der Waals surface area contributed by atoms with Crippen LogP contribution >= 0.6 is 0 Å². The van der Waals surface area contributed by atoms with E-state index in [1.165, 1.54) is 0 Å². The number of rotatable bonds is 2. The number of benzene rings is 1. The van der Waals surface area contributed by atoms with E-state index >= 15 is 0 Å². The fraction of sp³-hybridized carbons (Fsp3) is 0.417. The molecule has 0 amide bonds. The van der Waals surface area contributed by atoms with Gasteiger partial charge in [0.25, 0.3) is 0 Å². The number of halogens is 2. The van der Waals surface area contributed by atoms with Crippen molar-refractivity contribution in [2.24, 2.45) is 5.92 Å². The van der Waals surface area contributed by atoms with E-state index < -0.39 is 17.6 Å². The molecule has 0 aromatic heterocycles. The van der Waals surface area contributed by atoms with Crippen LogP contribution in [0.2, 0.25) is 0 Å². The first-order valence-electron chi connectivity index (χ1n) is 5.46. The monoisotopic (exact) mass is 241 g/mol. The van der Waals surface area contributed by atoms with Gasteiger partial charge in [-0.2, -0.15) is 0 Å². The van der Waals surface area contributed by atoms with Crippen molar-refractivity contribution in [2.45, 2.75) is 13.3 Å². The molecule has 1 aromatic carbocycles. The highest BCUT2D eigenvalue weighted by Crippen LogP contribution is 2.29. The first-order valence-corrected chi connectivity index (χ1v) is 5.46. The Hall–Kier alpha value is -1.65. The molecule has 0 radical (unpaired) electrons. The molecule has 1 saturated heterocycles. The molecule has 1 aliphatic rings. The Morgan fingerprint density at radius 2 is 2.00 bits per heavy atom. The maximum absolute atomic E-state index is 13.7. The lowest BCUT2D eigenvalue weighted by atomic mass is 10.1. The van der Waals surface area contributed by atoms with Crippen LogP contribution in [0.4, 0.5) is 14.5 Å². The van der Waals surface area contributed by atoms with Gasteiger partial charge in [0.05, 0.1) is 5.56 Å². The largest absolute Gasteiger partial charge is 0.478 e. The highest BCUT2D eigenvalue weighted by Gasteiger charge is 2.25. The second-order valence-corrected chi connectivity index (χ2v) is 4.43. The summed E-state index contributed by atoms with van der Waals surface area (Å²) in [5.41, 5.74) is -0.477. The minimum absolute atomic E-state index is 0.112. The van der Waals surface area contributed by atoms with Crippen LogP contribution in [-0.4, -0.2) is 24.2 Å². The summed E-state index contributed by atoms with van der Waals surface area (Å²) in [5.74, 6) is -2.55. The van der Waals surface area contributed by atoms with Gasteiger partial charge in [-0.05, 0) is 24.5 Å². The average molecular weight is 241 g/mol. The molecule has 1 N–H and O–H groups in total. The molecule has 0 spiro atoms. The minimum Gasteiger partial charge on any atom is -0.478 e. The van der Waals surface area contributed by atoms with Gasteiger partial charge < -0.3 is 10.0 Å². The lowest BCUT2D eigenvalue weighted by Gasteiger charge is -2.19. The van der Waals surface area contributed by atoms with E-state index in [9.17, 15) is 13.6 Å². The molecule has 0 aliphatic carbocycles. The third kappa shape index (κ3) is 2.23. The van der Waals surface area contributed by atoms with Crippen LogP contribution in [0.1, 0.15) is 23.7 Å². The summed E-state index contributed by atoms with van der Waals surface area (Å²) >= 11 is 0. The molecule has 17 heavy (non-hydrogen) atoms. The number of hydrogen-bond acceptors (Lipinski definition) is 2. The number of carboxylic acid groups (broad SMARTS) is 1. The molecule has 1 atom stereocenters. The lowest BCUT2D eigenvalue weighted by Crippen LogP contribution is -2.22. The smallest absolute Gasteiger partial charge is 0.335 e. The zero-order valence-corrected chi connectivity index (χ0v) is 9.41. The van der Waals surface area contributed by atoms with Gasteiger partial charge in [-0.3, -0.25) is 0 Å². The molecule has 1 heterocycles. The number of carbonyl (C=O) groups is 1. The van der Waals surface area contributed by atoms with Crippen LogP contribution in [0.15, 0.2) is 12.1 Å². The van der Waals surface area contributed by atoms with Gasteiger partial charge in [0.15, 0.2) is 0 Å². The van der Waals surface area contributed by atoms with Crippen molar-refractivity contribution in [3.63, 3.8) is 0 Å². The second kappa shape index (κ2) is 4.31. The van der Waals surface area contributed by atoms with Gasteiger partial charge in [0.2, 0.25) is 0 Å². The molecular weight excluding hydrogens is 228 g/mol. The Kier molecular flexibility index (Phi) is 3.00. The van der Waals surface area contributed by atoms with Crippen molar-refractivity contribution in [1.82, 2.24) is 0 Å². The van der Waals surface area contributed by atoms with Crippen LogP contribution in [0, 0.1) is 17.6 Å². The molecule has 3 nitrogen and oxygen atoms in total. The van der Waals surface area contributed by atoms with Crippen LogP contribution in [0.3, 0.4) is 0 Å². The van der Waals surface area contributed by atoms with E-state index in [-0.39, 0.29) is 11.3 Å². The first-order chi connectivity index (χ1) is 7.99. The Morgan fingerprint density at radius 3 is 2.41 bits per heavy atom. The summed E-state index contributed by atoms with van der Waals surface area (Å²) in [5, 5.41) is 8.69. The molecule has 5 heteroatoms. The number of carboxylic acids is 1. The molecule has 1 aliphatic heterocycles. The summed E-state index contributed by atoms with van der Waals surface area (Å²) in [6.07, 6.45) is 0.888. The van der Waals surface area contributed by atoms with Crippen LogP contribution in [-0.2, 0) is 0 Å². The molecule has 1 fully saturated rings. The average Bonchev–Trinajstić information content (AvgIpc) is 2.63. The van der Waals surface area contributed by atoms with Gasteiger partial charge in [-0.25, -0.2) is 13.6 Å². The van der Waals surface area contributed by atoms with E-state index in [1.807, 2.05) is 6.92 Å². The second-order valence-electron chi connectivity index (χ2n) is 4.43.